The largest absolute Gasteiger partial charge is 0.360 e. The summed E-state index contributed by atoms with van der Waals surface area (Å²) < 4.78 is 31.3. The molecule has 1 aromatic heterocycles. The van der Waals surface area contributed by atoms with Gasteiger partial charge in [0.1, 0.15) is 17.0 Å². The first-order chi connectivity index (χ1) is 14.8. The van der Waals surface area contributed by atoms with E-state index in [4.69, 9.17) is 16.1 Å². The Morgan fingerprint density at radius 3 is 2.74 bits per heavy atom. The van der Waals surface area contributed by atoms with Crippen LogP contribution >= 0.6 is 11.6 Å². The molecule has 2 aromatic carbocycles. The van der Waals surface area contributed by atoms with Gasteiger partial charge in [0.2, 0.25) is 10.0 Å². The Kier molecular flexibility index (Phi) is 5.88. The number of hydrogen-bond donors (Lipinski definition) is 1. The molecule has 31 heavy (non-hydrogen) atoms. The fourth-order valence-corrected chi connectivity index (χ4v) is 4.99. The van der Waals surface area contributed by atoms with Crippen LogP contribution in [0, 0.1) is 6.92 Å². The Balaban J connectivity index is 1.61. The van der Waals surface area contributed by atoms with E-state index >= 15 is 0 Å². The summed E-state index contributed by atoms with van der Waals surface area (Å²) in [5, 5.41) is 7.38. The standard InChI is InChI=1S/C22H22ClN3O4S/c1-3-31(28,29)26-11-10-15-8-9-17(12-16(15)13-26)24-22(27)20-14(2)30-25-21(20)18-6-4-5-7-19(18)23/h4-9,12H,3,10-11,13H2,1-2H3,(H,24,27). The van der Waals surface area contributed by atoms with Crippen molar-refractivity contribution in [2.75, 3.05) is 17.6 Å². The van der Waals surface area contributed by atoms with Crippen molar-refractivity contribution >= 4 is 33.2 Å². The fourth-order valence-electron chi connectivity index (χ4n) is 3.70. The Morgan fingerprint density at radius 2 is 2.00 bits per heavy atom. The van der Waals surface area contributed by atoms with Crippen LogP contribution in [0.3, 0.4) is 0 Å². The average Bonchev–Trinajstić information content (AvgIpc) is 3.14. The van der Waals surface area contributed by atoms with Crippen molar-refractivity contribution in [2.45, 2.75) is 26.8 Å². The van der Waals surface area contributed by atoms with Crippen LogP contribution < -0.4 is 5.32 Å². The van der Waals surface area contributed by atoms with E-state index in [1.165, 1.54) is 4.31 Å². The molecule has 1 aliphatic heterocycles. The maximum Gasteiger partial charge on any atom is 0.261 e. The number of carbonyl (C=O) groups is 1. The predicted molar refractivity (Wildman–Crippen MR) is 120 cm³/mol. The molecule has 3 aromatic rings. The Labute approximate surface area is 186 Å². The topological polar surface area (TPSA) is 92.5 Å². The zero-order chi connectivity index (χ0) is 22.2. The minimum absolute atomic E-state index is 0.0658. The molecule has 162 valence electrons. The Hall–Kier alpha value is -2.68. The number of halogens is 1. The Morgan fingerprint density at radius 1 is 1.23 bits per heavy atom. The highest BCUT2D eigenvalue weighted by molar-refractivity contribution is 7.89. The molecule has 0 aliphatic carbocycles. The van der Waals surface area contributed by atoms with Crippen molar-refractivity contribution in [3.8, 4) is 11.3 Å². The lowest BCUT2D eigenvalue weighted by Gasteiger charge is -2.28. The van der Waals surface area contributed by atoms with Crippen LogP contribution in [0.15, 0.2) is 47.0 Å². The van der Waals surface area contributed by atoms with Gasteiger partial charge in [-0.3, -0.25) is 4.79 Å². The predicted octanol–water partition coefficient (Wildman–Crippen LogP) is 4.26. The molecule has 0 unspecified atom stereocenters. The maximum absolute atomic E-state index is 13.1. The van der Waals surface area contributed by atoms with Gasteiger partial charge in [-0.2, -0.15) is 4.31 Å². The van der Waals surface area contributed by atoms with E-state index < -0.39 is 10.0 Å². The number of carbonyl (C=O) groups excluding carboxylic acids is 1. The number of sulfonamides is 1. The van der Waals surface area contributed by atoms with Crippen LogP contribution in [0.5, 0.6) is 0 Å². The highest BCUT2D eigenvalue weighted by Gasteiger charge is 2.26. The van der Waals surface area contributed by atoms with E-state index in [1.807, 2.05) is 24.3 Å². The zero-order valence-corrected chi connectivity index (χ0v) is 18.8. The summed E-state index contributed by atoms with van der Waals surface area (Å²) in [4.78, 5) is 13.1. The van der Waals surface area contributed by atoms with Crippen LogP contribution in [0.1, 0.15) is 34.2 Å². The molecule has 1 aliphatic rings. The van der Waals surface area contributed by atoms with Gasteiger partial charge in [-0.05, 0) is 49.6 Å². The molecule has 1 N–H and O–H groups in total. The monoisotopic (exact) mass is 459 g/mol. The van der Waals surface area contributed by atoms with Gasteiger partial charge in [-0.15, -0.1) is 0 Å². The van der Waals surface area contributed by atoms with Gasteiger partial charge in [-0.25, -0.2) is 8.42 Å². The number of aromatic nitrogens is 1. The number of anilines is 1. The molecular weight excluding hydrogens is 438 g/mol. The number of aryl methyl sites for hydroxylation is 1. The van der Waals surface area contributed by atoms with Crippen LogP contribution in [0.2, 0.25) is 5.02 Å². The summed E-state index contributed by atoms with van der Waals surface area (Å²) in [6, 6.07) is 12.7. The molecule has 0 saturated heterocycles. The number of benzene rings is 2. The summed E-state index contributed by atoms with van der Waals surface area (Å²) >= 11 is 6.28. The second-order valence-electron chi connectivity index (χ2n) is 7.36. The van der Waals surface area contributed by atoms with Gasteiger partial charge >= 0.3 is 0 Å². The van der Waals surface area contributed by atoms with Crippen molar-refractivity contribution in [2.24, 2.45) is 0 Å². The second kappa shape index (κ2) is 8.45. The van der Waals surface area contributed by atoms with E-state index in [-0.39, 0.29) is 11.7 Å². The van der Waals surface area contributed by atoms with Crippen LogP contribution in [-0.4, -0.2) is 36.1 Å². The number of amides is 1. The van der Waals surface area contributed by atoms with Crippen LogP contribution in [0.25, 0.3) is 11.3 Å². The molecule has 0 spiro atoms. The molecule has 9 heteroatoms. The average molecular weight is 460 g/mol. The van der Waals surface area contributed by atoms with Crippen molar-refractivity contribution in [3.63, 3.8) is 0 Å². The first-order valence-corrected chi connectivity index (χ1v) is 11.9. The summed E-state index contributed by atoms with van der Waals surface area (Å²) in [5.74, 6) is 0.0733. The summed E-state index contributed by atoms with van der Waals surface area (Å²) in [6.45, 7) is 4.07. The first-order valence-electron chi connectivity index (χ1n) is 9.92. The number of rotatable bonds is 5. The third-order valence-corrected chi connectivity index (χ3v) is 7.58. The molecule has 0 fully saturated rings. The van der Waals surface area contributed by atoms with Crippen molar-refractivity contribution in [3.05, 3.63) is 69.9 Å². The molecule has 0 radical (unpaired) electrons. The van der Waals surface area contributed by atoms with E-state index in [9.17, 15) is 13.2 Å². The smallest absolute Gasteiger partial charge is 0.261 e. The summed E-state index contributed by atoms with van der Waals surface area (Å²) in [6.07, 6.45) is 0.643. The van der Waals surface area contributed by atoms with Gasteiger partial charge in [0.05, 0.1) is 10.8 Å². The van der Waals surface area contributed by atoms with E-state index in [0.29, 0.717) is 52.8 Å². The molecule has 1 amide bonds. The van der Waals surface area contributed by atoms with Crippen LogP contribution in [0.4, 0.5) is 5.69 Å². The van der Waals surface area contributed by atoms with Gasteiger partial charge in [0, 0.05) is 24.3 Å². The maximum atomic E-state index is 13.1. The van der Waals surface area contributed by atoms with Gasteiger partial charge in [0.25, 0.3) is 5.91 Å². The van der Waals surface area contributed by atoms with E-state index in [0.717, 1.165) is 11.1 Å². The minimum Gasteiger partial charge on any atom is -0.360 e. The number of nitrogens with one attached hydrogen (secondary N) is 1. The lowest BCUT2D eigenvalue weighted by molar-refractivity contribution is 0.102. The molecule has 7 nitrogen and oxygen atoms in total. The molecular formula is C22H22ClN3O4S. The van der Waals surface area contributed by atoms with Gasteiger partial charge < -0.3 is 9.84 Å². The summed E-state index contributed by atoms with van der Waals surface area (Å²) in [5.41, 5.74) is 3.83. The van der Waals surface area contributed by atoms with Gasteiger partial charge in [-0.1, -0.05) is 41.0 Å². The third kappa shape index (κ3) is 4.23. The second-order valence-corrected chi connectivity index (χ2v) is 10.0. The lowest BCUT2D eigenvalue weighted by Crippen LogP contribution is -2.36. The van der Waals surface area contributed by atoms with E-state index in [1.54, 1.807) is 32.0 Å². The molecule has 0 bridgehead atoms. The third-order valence-electron chi connectivity index (χ3n) is 5.42. The zero-order valence-electron chi connectivity index (χ0n) is 17.2. The van der Waals surface area contributed by atoms with Crippen molar-refractivity contribution in [1.29, 1.82) is 0 Å². The van der Waals surface area contributed by atoms with E-state index in [2.05, 4.69) is 10.5 Å². The normalized spacial score (nSPS) is 14.3. The number of fused-ring (bicyclic) bond motifs is 1. The van der Waals surface area contributed by atoms with Crippen LogP contribution in [-0.2, 0) is 23.0 Å². The highest BCUT2D eigenvalue weighted by Crippen LogP contribution is 2.32. The Bertz CT molecular complexity index is 1250. The van der Waals surface area contributed by atoms with Gasteiger partial charge in [0.15, 0.2) is 0 Å². The SMILES string of the molecule is CCS(=O)(=O)N1CCc2ccc(NC(=O)c3c(-c4ccccc4Cl)noc3C)cc2C1. The van der Waals surface area contributed by atoms with Crippen molar-refractivity contribution in [1.82, 2.24) is 9.46 Å². The highest BCUT2D eigenvalue weighted by atomic mass is 35.5. The number of hydrogen-bond acceptors (Lipinski definition) is 5. The van der Waals surface area contributed by atoms with Crippen molar-refractivity contribution < 1.29 is 17.7 Å². The molecule has 4 rings (SSSR count). The molecule has 0 saturated carbocycles. The first kappa shape index (κ1) is 21.5. The molecule has 2 heterocycles. The summed E-state index contributed by atoms with van der Waals surface area (Å²) in [7, 11) is -3.27. The molecule has 0 atom stereocenters. The quantitative estimate of drug-likeness (QED) is 0.615. The minimum atomic E-state index is -3.27. The fraction of sp³-hybridized carbons (Fsp3) is 0.273. The lowest BCUT2D eigenvalue weighted by atomic mass is 10.00. The number of nitrogens with zero attached hydrogens (tertiary/aromatic N) is 2.